The molecular weight excluding hydrogens is 174 g/mol. The smallest absolute Gasteiger partial charge is 0.225 e. The highest BCUT2D eigenvalue weighted by atomic mass is 16.2. The number of carbonyl (C=O) groups is 1. The van der Waals surface area contributed by atoms with E-state index in [2.05, 4.69) is 5.32 Å². The molecule has 1 saturated carbocycles. The summed E-state index contributed by atoms with van der Waals surface area (Å²) in [5.74, 6) is 1.05. The van der Waals surface area contributed by atoms with Gasteiger partial charge in [-0.15, -0.1) is 0 Å². The van der Waals surface area contributed by atoms with Crippen molar-refractivity contribution in [2.45, 2.75) is 52.9 Å². The number of nitrogens with one attached hydrogen (secondary N) is 1. The second-order valence-electron chi connectivity index (χ2n) is 5.45. The van der Waals surface area contributed by atoms with E-state index in [1.54, 1.807) is 0 Å². The zero-order chi connectivity index (χ0) is 10.6. The summed E-state index contributed by atoms with van der Waals surface area (Å²) in [7, 11) is 0. The van der Waals surface area contributed by atoms with Gasteiger partial charge in [0.15, 0.2) is 0 Å². The molecule has 2 heteroatoms. The maximum Gasteiger partial charge on any atom is 0.225 e. The van der Waals surface area contributed by atoms with Crippen LogP contribution in [0.3, 0.4) is 0 Å². The van der Waals surface area contributed by atoms with E-state index in [0.717, 1.165) is 12.5 Å². The minimum Gasteiger partial charge on any atom is -0.356 e. The second kappa shape index (κ2) is 4.81. The maximum atomic E-state index is 11.5. The van der Waals surface area contributed by atoms with Crippen LogP contribution in [0.25, 0.3) is 0 Å². The molecule has 14 heavy (non-hydrogen) atoms. The van der Waals surface area contributed by atoms with Gasteiger partial charge in [0.25, 0.3) is 0 Å². The van der Waals surface area contributed by atoms with Crippen molar-refractivity contribution in [2.75, 3.05) is 6.54 Å². The Balaban J connectivity index is 2.11. The molecular formula is C12H23NO. The van der Waals surface area contributed by atoms with E-state index in [1.165, 1.54) is 32.1 Å². The molecule has 0 heterocycles. The van der Waals surface area contributed by atoms with Crippen molar-refractivity contribution in [1.29, 1.82) is 0 Å². The molecule has 0 aliphatic heterocycles. The van der Waals surface area contributed by atoms with Gasteiger partial charge in [-0.2, -0.15) is 0 Å². The standard InChI is InChI=1S/C12H23NO/c1-12(2,3)11(14)13-9-8-10-6-4-5-7-10/h10H,4-9H2,1-3H3,(H,13,14). The van der Waals surface area contributed by atoms with Crippen LogP contribution in [0.5, 0.6) is 0 Å². The second-order valence-corrected chi connectivity index (χ2v) is 5.45. The van der Waals surface area contributed by atoms with Gasteiger partial charge in [0.1, 0.15) is 0 Å². The van der Waals surface area contributed by atoms with E-state index in [9.17, 15) is 4.79 Å². The summed E-state index contributed by atoms with van der Waals surface area (Å²) >= 11 is 0. The molecule has 1 rings (SSSR count). The molecule has 0 unspecified atom stereocenters. The minimum absolute atomic E-state index is 0.176. The average Bonchev–Trinajstić information content (AvgIpc) is 2.55. The van der Waals surface area contributed by atoms with Gasteiger partial charge < -0.3 is 5.32 Å². The van der Waals surface area contributed by atoms with Crippen molar-refractivity contribution >= 4 is 5.91 Å². The van der Waals surface area contributed by atoms with Crippen molar-refractivity contribution in [3.05, 3.63) is 0 Å². The molecule has 0 atom stereocenters. The van der Waals surface area contributed by atoms with E-state index in [4.69, 9.17) is 0 Å². The lowest BCUT2D eigenvalue weighted by Crippen LogP contribution is -2.35. The van der Waals surface area contributed by atoms with Crippen LogP contribution < -0.4 is 5.32 Å². The molecule has 1 amide bonds. The van der Waals surface area contributed by atoms with Crippen LogP contribution >= 0.6 is 0 Å². The van der Waals surface area contributed by atoms with Gasteiger partial charge in [-0.25, -0.2) is 0 Å². The highest BCUT2D eigenvalue weighted by Gasteiger charge is 2.21. The van der Waals surface area contributed by atoms with Crippen LogP contribution in [-0.4, -0.2) is 12.5 Å². The molecule has 1 aliphatic carbocycles. The summed E-state index contributed by atoms with van der Waals surface area (Å²) in [6.45, 7) is 6.73. The van der Waals surface area contributed by atoms with E-state index in [1.807, 2.05) is 20.8 Å². The van der Waals surface area contributed by atoms with Gasteiger partial charge in [-0.3, -0.25) is 4.79 Å². The van der Waals surface area contributed by atoms with E-state index >= 15 is 0 Å². The minimum atomic E-state index is -0.240. The Kier molecular flexibility index (Phi) is 3.97. The lowest BCUT2D eigenvalue weighted by Gasteiger charge is -2.18. The first-order chi connectivity index (χ1) is 6.50. The number of hydrogen-bond acceptors (Lipinski definition) is 1. The molecule has 82 valence electrons. The van der Waals surface area contributed by atoms with Crippen LogP contribution in [0.4, 0.5) is 0 Å². The molecule has 0 saturated heterocycles. The van der Waals surface area contributed by atoms with Gasteiger partial charge in [-0.1, -0.05) is 46.5 Å². The molecule has 1 aliphatic rings. The van der Waals surface area contributed by atoms with E-state index < -0.39 is 0 Å². The van der Waals surface area contributed by atoms with E-state index in [-0.39, 0.29) is 11.3 Å². The molecule has 0 aromatic rings. The maximum absolute atomic E-state index is 11.5. The monoisotopic (exact) mass is 197 g/mol. The zero-order valence-electron chi connectivity index (χ0n) is 9.73. The Labute approximate surface area is 87.5 Å². The van der Waals surface area contributed by atoms with Gasteiger partial charge in [0.05, 0.1) is 0 Å². The van der Waals surface area contributed by atoms with Gasteiger partial charge in [-0.05, 0) is 12.3 Å². The number of hydrogen-bond donors (Lipinski definition) is 1. The highest BCUT2D eigenvalue weighted by Crippen LogP contribution is 2.27. The summed E-state index contributed by atoms with van der Waals surface area (Å²) < 4.78 is 0. The fourth-order valence-electron chi connectivity index (χ4n) is 1.95. The van der Waals surface area contributed by atoms with Crippen LogP contribution in [0.1, 0.15) is 52.9 Å². The Bertz CT molecular complexity index is 187. The van der Waals surface area contributed by atoms with Gasteiger partial charge in [0.2, 0.25) is 5.91 Å². The van der Waals surface area contributed by atoms with E-state index in [0.29, 0.717) is 0 Å². The third-order valence-corrected chi connectivity index (χ3v) is 2.99. The zero-order valence-corrected chi connectivity index (χ0v) is 9.73. The summed E-state index contributed by atoms with van der Waals surface area (Å²) in [4.78, 5) is 11.5. The lowest BCUT2D eigenvalue weighted by atomic mass is 9.95. The molecule has 0 aromatic heterocycles. The Morgan fingerprint density at radius 2 is 1.86 bits per heavy atom. The quantitative estimate of drug-likeness (QED) is 0.740. The topological polar surface area (TPSA) is 29.1 Å². The Morgan fingerprint density at radius 1 is 1.29 bits per heavy atom. The number of rotatable bonds is 3. The number of carbonyl (C=O) groups excluding carboxylic acids is 1. The van der Waals surface area contributed by atoms with Crippen LogP contribution in [0.15, 0.2) is 0 Å². The van der Waals surface area contributed by atoms with Crippen LogP contribution in [-0.2, 0) is 4.79 Å². The lowest BCUT2D eigenvalue weighted by molar-refractivity contribution is -0.128. The van der Waals surface area contributed by atoms with Gasteiger partial charge in [0, 0.05) is 12.0 Å². The van der Waals surface area contributed by atoms with Crippen molar-refractivity contribution in [1.82, 2.24) is 5.32 Å². The predicted octanol–water partition coefficient (Wildman–Crippen LogP) is 2.73. The summed E-state index contributed by atoms with van der Waals surface area (Å²) in [5, 5.41) is 3.01. The fourth-order valence-corrected chi connectivity index (χ4v) is 1.95. The van der Waals surface area contributed by atoms with Gasteiger partial charge >= 0.3 is 0 Å². The molecule has 2 nitrogen and oxygen atoms in total. The highest BCUT2D eigenvalue weighted by molar-refractivity contribution is 5.81. The van der Waals surface area contributed by atoms with Crippen molar-refractivity contribution < 1.29 is 4.79 Å². The molecule has 1 fully saturated rings. The van der Waals surface area contributed by atoms with Crippen molar-refractivity contribution in [3.8, 4) is 0 Å². The SMILES string of the molecule is CC(C)(C)C(=O)NCCC1CCCC1. The normalized spacial score (nSPS) is 18.5. The third kappa shape index (κ3) is 3.69. The molecule has 0 bridgehead atoms. The molecule has 0 spiro atoms. The Morgan fingerprint density at radius 3 is 2.36 bits per heavy atom. The predicted molar refractivity (Wildman–Crippen MR) is 59.0 cm³/mol. The van der Waals surface area contributed by atoms with Crippen LogP contribution in [0.2, 0.25) is 0 Å². The first kappa shape index (κ1) is 11.5. The molecule has 0 aromatic carbocycles. The average molecular weight is 197 g/mol. The number of amides is 1. The third-order valence-electron chi connectivity index (χ3n) is 2.99. The first-order valence-corrected chi connectivity index (χ1v) is 5.78. The Hall–Kier alpha value is -0.530. The first-order valence-electron chi connectivity index (χ1n) is 5.78. The van der Waals surface area contributed by atoms with Crippen LogP contribution in [0, 0.1) is 11.3 Å². The summed E-state index contributed by atoms with van der Waals surface area (Å²) in [6.07, 6.45) is 6.67. The van der Waals surface area contributed by atoms with Crippen molar-refractivity contribution in [2.24, 2.45) is 11.3 Å². The largest absolute Gasteiger partial charge is 0.356 e. The summed E-state index contributed by atoms with van der Waals surface area (Å²) in [5.41, 5.74) is -0.240. The van der Waals surface area contributed by atoms with Crippen molar-refractivity contribution in [3.63, 3.8) is 0 Å². The fraction of sp³-hybridized carbons (Fsp3) is 0.917. The summed E-state index contributed by atoms with van der Waals surface area (Å²) in [6, 6.07) is 0. The molecule has 1 N–H and O–H groups in total. The molecule has 0 radical (unpaired) electrons.